The van der Waals surface area contributed by atoms with E-state index in [9.17, 15) is 4.79 Å². The van der Waals surface area contributed by atoms with Crippen LogP contribution in [0.5, 0.6) is 0 Å². The fourth-order valence-electron chi connectivity index (χ4n) is 3.48. The molecule has 3 rings (SSSR count). The maximum absolute atomic E-state index is 11.7. The summed E-state index contributed by atoms with van der Waals surface area (Å²) in [5, 5.41) is 0. The molecule has 0 saturated carbocycles. The summed E-state index contributed by atoms with van der Waals surface area (Å²) < 4.78 is 1.75. The number of hydrogen-bond donors (Lipinski definition) is 0. The second kappa shape index (κ2) is 7.18. The third-order valence-corrected chi connectivity index (χ3v) is 4.89. The minimum atomic E-state index is 0.0708. The van der Waals surface area contributed by atoms with Gasteiger partial charge in [0.2, 0.25) is 0 Å². The first-order chi connectivity index (χ1) is 10.3. The van der Waals surface area contributed by atoms with Crippen LogP contribution in [0.15, 0.2) is 23.4 Å². The van der Waals surface area contributed by atoms with Gasteiger partial charge in [-0.25, -0.2) is 4.98 Å². The molecule has 5 heteroatoms. The van der Waals surface area contributed by atoms with Crippen LogP contribution in [0.4, 0.5) is 0 Å². The van der Waals surface area contributed by atoms with Crippen LogP contribution in [0, 0.1) is 5.92 Å². The lowest BCUT2D eigenvalue weighted by molar-refractivity contribution is 0.155. The zero-order valence-electron chi connectivity index (χ0n) is 12.8. The van der Waals surface area contributed by atoms with E-state index in [1.807, 2.05) is 0 Å². The zero-order chi connectivity index (χ0) is 14.5. The molecule has 0 radical (unpaired) electrons. The average molecular weight is 290 g/mol. The van der Waals surface area contributed by atoms with E-state index < -0.39 is 0 Å². The zero-order valence-corrected chi connectivity index (χ0v) is 12.8. The Morgan fingerprint density at radius 3 is 2.38 bits per heavy atom. The summed E-state index contributed by atoms with van der Waals surface area (Å²) >= 11 is 0. The standard InChI is InChI=1S/C16H26N4O/c21-16-3-6-17-14-20(16)13-15-4-9-19(10-5-15)12-11-18-7-1-2-8-18/h3,6,14-15H,1-2,4-5,7-13H2. The van der Waals surface area contributed by atoms with Crippen molar-refractivity contribution in [3.05, 3.63) is 28.9 Å². The van der Waals surface area contributed by atoms with Crippen LogP contribution in [-0.2, 0) is 6.54 Å². The lowest BCUT2D eigenvalue weighted by Gasteiger charge is -2.33. The molecule has 0 atom stereocenters. The first-order valence-electron chi connectivity index (χ1n) is 8.26. The lowest BCUT2D eigenvalue weighted by Crippen LogP contribution is -2.40. The minimum Gasteiger partial charge on any atom is -0.302 e. The van der Waals surface area contributed by atoms with Crippen molar-refractivity contribution in [2.24, 2.45) is 5.92 Å². The largest absolute Gasteiger partial charge is 0.302 e. The van der Waals surface area contributed by atoms with Crippen LogP contribution in [0.25, 0.3) is 0 Å². The third-order valence-electron chi connectivity index (χ3n) is 4.89. The van der Waals surface area contributed by atoms with E-state index in [0.717, 1.165) is 6.54 Å². The molecule has 0 bridgehead atoms. The minimum absolute atomic E-state index is 0.0708. The smallest absolute Gasteiger partial charge is 0.253 e. The van der Waals surface area contributed by atoms with Gasteiger partial charge in [0, 0.05) is 31.9 Å². The molecule has 0 aromatic carbocycles. The molecule has 0 amide bonds. The number of aromatic nitrogens is 2. The van der Waals surface area contributed by atoms with Gasteiger partial charge in [0.05, 0.1) is 6.33 Å². The summed E-state index contributed by atoms with van der Waals surface area (Å²) in [5.41, 5.74) is 0.0708. The Kier molecular flexibility index (Phi) is 5.04. The Morgan fingerprint density at radius 1 is 1.05 bits per heavy atom. The second-order valence-corrected chi connectivity index (χ2v) is 6.40. The highest BCUT2D eigenvalue weighted by molar-refractivity contribution is 4.84. The number of piperidine rings is 1. The highest BCUT2D eigenvalue weighted by atomic mass is 16.1. The van der Waals surface area contributed by atoms with Crippen molar-refractivity contribution in [2.45, 2.75) is 32.2 Å². The van der Waals surface area contributed by atoms with Gasteiger partial charge in [0.25, 0.3) is 5.56 Å². The van der Waals surface area contributed by atoms with Gasteiger partial charge in [-0.15, -0.1) is 0 Å². The van der Waals surface area contributed by atoms with Gasteiger partial charge < -0.3 is 9.80 Å². The van der Waals surface area contributed by atoms with E-state index >= 15 is 0 Å². The lowest BCUT2D eigenvalue weighted by atomic mass is 9.96. The third kappa shape index (κ3) is 4.14. The predicted molar refractivity (Wildman–Crippen MR) is 83.3 cm³/mol. The van der Waals surface area contributed by atoms with E-state index in [2.05, 4.69) is 14.8 Å². The van der Waals surface area contributed by atoms with Crippen molar-refractivity contribution >= 4 is 0 Å². The van der Waals surface area contributed by atoms with Crippen molar-refractivity contribution in [3.63, 3.8) is 0 Å². The van der Waals surface area contributed by atoms with Crippen LogP contribution >= 0.6 is 0 Å². The Bertz CT molecular complexity index is 487. The van der Waals surface area contributed by atoms with Crippen LogP contribution < -0.4 is 5.56 Å². The molecule has 1 aromatic heterocycles. The molecule has 1 aromatic rings. The summed E-state index contributed by atoms with van der Waals surface area (Å²) in [6.45, 7) is 8.20. The van der Waals surface area contributed by atoms with Crippen LogP contribution in [0.3, 0.4) is 0 Å². The van der Waals surface area contributed by atoms with Crippen molar-refractivity contribution in [1.29, 1.82) is 0 Å². The highest BCUT2D eigenvalue weighted by Gasteiger charge is 2.20. The molecular weight excluding hydrogens is 264 g/mol. The van der Waals surface area contributed by atoms with Gasteiger partial charge >= 0.3 is 0 Å². The van der Waals surface area contributed by atoms with E-state index in [4.69, 9.17) is 0 Å². The van der Waals surface area contributed by atoms with E-state index in [1.165, 1.54) is 65.0 Å². The van der Waals surface area contributed by atoms with Crippen LogP contribution in [0.1, 0.15) is 25.7 Å². The molecule has 0 spiro atoms. The van der Waals surface area contributed by atoms with Gasteiger partial charge in [0.1, 0.15) is 0 Å². The monoisotopic (exact) mass is 290 g/mol. The molecule has 0 unspecified atom stereocenters. The Labute approximate surface area is 126 Å². The average Bonchev–Trinajstić information content (AvgIpc) is 3.02. The molecule has 2 saturated heterocycles. The Morgan fingerprint density at radius 2 is 1.71 bits per heavy atom. The quantitative estimate of drug-likeness (QED) is 0.813. The molecule has 3 heterocycles. The number of rotatable bonds is 5. The normalized spacial score (nSPS) is 21.9. The first kappa shape index (κ1) is 14.7. The van der Waals surface area contributed by atoms with Crippen molar-refractivity contribution in [1.82, 2.24) is 19.4 Å². The number of nitrogens with zero attached hydrogens (tertiary/aromatic N) is 4. The molecule has 0 aliphatic carbocycles. The van der Waals surface area contributed by atoms with Crippen LogP contribution in [0.2, 0.25) is 0 Å². The van der Waals surface area contributed by atoms with Crippen molar-refractivity contribution in [2.75, 3.05) is 39.3 Å². The number of likely N-dealkylation sites (tertiary alicyclic amines) is 2. The number of hydrogen-bond acceptors (Lipinski definition) is 4. The fourth-order valence-corrected chi connectivity index (χ4v) is 3.48. The van der Waals surface area contributed by atoms with E-state index in [-0.39, 0.29) is 5.56 Å². The molecule has 2 fully saturated rings. The van der Waals surface area contributed by atoms with Gasteiger partial charge in [0.15, 0.2) is 0 Å². The topological polar surface area (TPSA) is 41.4 Å². The maximum atomic E-state index is 11.7. The second-order valence-electron chi connectivity index (χ2n) is 6.40. The highest BCUT2D eigenvalue weighted by Crippen LogP contribution is 2.18. The summed E-state index contributed by atoms with van der Waals surface area (Å²) in [6.07, 6.45) is 8.38. The predicted octanol–water partition coefficient (Wildman–Crippen LogP) is 1.05. The van der Waals surface area contributed by atoms with Gasteiger partial charge in [-0.1, -0.05) is 0 Å². The van der Waals surface area contributed by atoms with Crippen molar-refractivity contribution in [3.8, 4) is 0 Å². The summed E-state index contributed by atoms with van der Waals surface area (Å²) in [5.74, 6) is 0.620. The van der Waals surface area contributed by atoms with Gasteiger partial charge in [-0.3, -0.25) is 9.36 Å². The molecule has 0 N–H and O–H groups in total. The Balaban J connectivity index is 1.40. The SMILES string of the molecule is O=c1ccncn1CC1CCN(CCN2CCCC2)CC1. The van der Waals surface area contributed by atoms with E-state index in [1.54, 1.807) is 23.2 Å². The maximum Gasteiger partial charge on any atom is 0.253 e. The first-order valence-corrected chi connectivity index (χ1v) is 8.26. The van der Waals surface area contributed by atoms with E-state index in [0.29, 0.717) is 5.92 Å². The molecule has 5 nitrogen and oxygen atoms in total. The fraction of sp³-hybridized carbons (Fsp3) is 0.750. The molecule has 116 valence electrons. The summed E-state index contributed by atoms with van der Waals surface area (Å²) in [7, 11) is 0. The summed E-state index contributed by atoms with van der Waals surface area (Å²) in [4.78, 5) is 20.9. The Hall–Kier alpha value is -1.20. The molecule has 2 aliphatic heterocycles. The van der Waals surface area contributed by atoms with Gasteiger partial charge in [-0.05, 0) is 57.8 Å². The molecule has 2 aliphatic rings. The molecule has 21 heavy (non-hydrogen) atoms. The molecular formula is C16H26N4O. The van der Waals surface area contributed by atoms with Crippen molar-refractivity contribution < 1.29 is 0 Å². The van der Waals surface area contributed by atoms with Crippen LogP contribution in [-0.4, -0.2) is 58.6 Å². The summed E-state index contributed by atoms with van der Waals surface area (Å²) in [6, 6.07) is 1.55. The van der Waals surface area contributed by atoms with Gasteiger partial charge in [-0.2, -0.15) is 0 Å².